The minimum absolute atomic E-state index is 0.110. The summed E-state index contributed by atoms with van der Waals surface area (Å²) in [6, 6.07) is 19.1. The van der Waals surface area contributed by atoms with E-state index >= 15 is 0 Å². The van der Waals surface area contributed by atoms with Crippen LogP contribution in [0.5, 0.6) is 11.5 Å². The van der Waals surface area contributed by atoms with Gasteiger partial charge in [0.2, 0.25) is 5.91 Å². The van der Waals surface area contributed by atoms with Crippen molar-refractivity contribution in [2.45, 2.75) is 44.6 Å². The predicted octanol–water partition coefficient (Wildman–Crippen LogP) is 3.10. The number of hydrogen-bond donors (Lipinski definition) is 4. The average Bonchev–Trinajstić information content (AvgIpc) is 3.63. The van der Waals surface area contributed by atoms with Crippen LogP contribution < -0.4 is 16.2 Å². The number of aliphatic carboxylic acids is 1. The third-order valence-corrected chi connectivity index (χ3v) is 7.93. The van der Waals surface area contributed by atoms with Gasteiger partial charge in [-0.2, -0.15) is 18.2 Å². The second-order valence-electron chi connectivity index (χ2n) is 11.9. The molecule has 1 saturated heterocycles. The number of carbonyl (C=O) groups is 3. The fourth-order valence-electron chi connectivity index (χ4n) is 5.67. The number of carboxylic acids is 1. The third kappa shape index (κ3) is 9.93. The number of halogens is 3. The molecular formula is C33H35F3N6O7. The van der Waals surface area contributed by atoms with Gasteiger partial charge in [-0.25, -0.2) is 4.79 Å². The minimum Gasteiger partial charge on any atom is -0.542 e. The van der Waals surface area contributed by atoms with Gasteiger partial charge >= 0.3 is 12.2 Å². The highest BCUT2D eigenvalue weighted by atomic mass is 19.4. The summed E-state index contributed by atoms with van der Waals surface area (Å²) in [6.45, 7) is 3.76. The van der Waals surface area contributed by atoms with Crippen molar-refractivity contribution in [1.82, 2.24) is 15.0 Å². The number of carbonyl (C=O) groups excluding carboxylic acids is 3. The third-order valence-electron chi connectivity index (χ3n) is 7.93. The van der Waals surface area contributed by atoms with Crippen LogP contribution in [0.1, 0.15) is 23.4 Å². The van der Waals surface area contributed by atoms with Crippen LogP contribution in [0.15, 0.2) is 77.3 Å². The van der Waals surface area contributed by atoms with Gasteiger partial charge in [0.05, 0.1) is 26.2 Å². The van der Waals surface area contributed by atoms with Gasteiger partial charge < -0.3 is 45.1 Å². The first kappa shape index (κ1) is 36.2. The first-order valence-electron chi connectivity index (χ1n) is 15.0. The number of phenolic OH excluding ortho intramolecular Hbond substituents is 2. The molecule has 0 radical (unpaired) electrons. The van der Waals surface area contributed by atoms with Gasteiger partial charge in [-0.1, -0.05) is 29.4 Å². The Balaban J connectivity index is 0.000000698. The smallest absolute Gasteiger partial charge is 0.430 e. The van der Waals surface area contributed by atoms with Crippen LogP contribution >= 0.6 is 0 Å². The van der Waals surface area contributed by atoms with Crippen molar-refractivity contribution in [1.29, 1.82) is 0 Å². The van der Waals surface area contributed by atoms with Crippen LogP contribution in [0, 0.1) is 6.92 Å². The number of benzene rings is 3. The van der Waals surface area contributed by atoms with Crippen molar-refractivity contribution in [3.8, 4) is 23.0 Å². The number of hydrogen-bond acceptors (Lipinski definition) is 9. The SMILES string of the molecule is Cc1noc(-c2ccc(NC(=O)N([C@@H]3CC[N+](C)(Cc4cccc(O)c4)C3)[C@@H](Cc3ccc(O)cc3)C(N)=O)cc2)n1.O=C([O-])C(F)(F)F. The molecule has 3 amide bonds. The van der Waals surface area contributed by atoms with E-state index in [0.717, 1.165) is 17.7 Å². The molecule has 0 spiro atoms. The number of carboxylic acid groups (broad SMARTS) is 1. The van der Waals surface area contributed by atoms with Crippen LogP contribution in [0.2, 0.25) is 0 Å². The molecular weight excluding hydrogens is 649 g/mol. The summed E-state index contributed by atoms with van der Waals surface area (Å²) in [4.78, 5) is 41.5. The first-order chi connectivity index (χ1) is 23.0. The Morgan fingerprint density at radius 1 is 1.06 bits per heavy atom. The molecule has 1 aromatic heterocycles. The summed E-state index contributed by atoms with van der Waals surface area (Å²) in [5, 5.41) is 35.2. The normalized spacial score (nSPS) is 17.8. The zero-order valence-corrected chi connectivity index (χ0v) is 26.6. The fraction of sp³-hybridized carbons (Fsp3) is 0.303. The number of aromatic nitrogens is 2. The number of likely N-dealkylation sites (tertiary alicyclic amines) is 1. The fourth-order valence-corrected chi connectivity index (χ4v) is 5.67. The molecule has 4 aromatic rings. The van der Waals surface area contributed by atoms with Crippen molar-refractivity contribution < 1.29 is 51.9 Å². The van der Waals surface area contributed by atoms with E-state index in [1.165, 1.54) is 0 Å². The highest BCUT2D eigenvalue weighted by Gasteiger charge is 2.43. The van der Waals surface area contributed by atoms with Crippen LogP contribution in [-0.4, -0.2) is 86.0 Å². The van der Waals surface area contributed by atoms with Crippen molar-refractivity contribution in [2.75, 3.05) is 25.5 Å². The van der Waals surface area contributed by atoms with E-state index in [4.69, 9.17) is 20.2 Å². The number of primary amides is 1. The molecule has 16 heteroatoms. The van der Waals surface area contributed by atoms with Crippen LogP contribution in [0.3, 0.4) is 0 Å². The minimum atomic E-state index is -5.19. The molecule has 0 bridgehead atoms. The molecule has 1 unspecified atom stereocenters. The Morgan fingerprint density at radius 3 is 2.27 bits per heavy atom. The summed E-state index contributed by atoms with van der Waals surface area (Å²) in [5.74, 6) is -2.40. The number of aromatic hydroxyl groups is 2. The van der Waals surface area contributed by atoms with Crippen molar-refractivity contribution in [2.24, 2.45) is 5.73 Å². The van der Waals surface area contributed by atoms with Gasteiger partial charge in [-0.15, -0.1) is 0 Å². The Labute approximate surface area is 279 Å². The number of aryl methyl sites for hydroxylation is 1. The monoisotopic (exact) mass is 684 g/mol. The maximum Gasteiger partial charge on any atom is 0.430 e. The number of nitrogens with two attached hydrogens (primary N) is 1. The van der Waals surface area contributed by atoms with E-state index in [-0.39, 0.29) is 24.0 Å². The Hall–Kier alpha value is -5.64. The van der Waals surface area contributed by atoms with Crippen LogP contribution in [-0.2, 0) is 22.6 Å². The van der Waals surface area contributed by atoms with Gasteiger partial charge in [-0.05, 0) is 61.0 Å². The van der Waals surface area contributed by atoms with Crippen LogP contribution in [0.4, 0.5) is 23.7 Å². The second-order valence-corrected chi connectivity index (χ2v) is 11.9. The molecule has 49 heavy (non-hydrogen) atoms. The number of anilines is 1. The summed E-state index contributed by atoms with van der Waals surface area (Å²) < 4.78 is 37.4. The summed E-state index contributed by atoms with van der Waals surface area (Å²) in [7, 11) is 2.11. The molecule has 13 nitrogen and oxygen atoms in total. The van der Waals surface area contributed by atoms with E-state index in [9.17, 15) is 33.0 Å². The van der Waals surface area contributed by atoms with Gasteiger partial charge in [-0.3, -0.25) is 4.79 Å². The average molecular weight is 685 g/mol. The topological polar surface area (TPSA) is 195 Å². The maximum absolute atomic E-state index is 13.9. The number of likely N-dealkylation sites (N-methyl/N-ethyl adjacent to an activating group) is 1. The summed E-state index contributed by atoms with van der Waals surface area (Å²) in [6.07, 6.45) is -4.33. The number of urea groups is 1. The number of amides is 3. The van der Waals surface area contributed by atoms with Crippen molar-refractivity contribution in [3.63, 3.8) is 0 Å². The summed E-state index contributed by atoms with van der Waals surface area (Å²) >= 11 is 0. The standard InChI is InChI=1S/C31H34N6O5.C2HF3O2/c1-20-33-30(42-35-20)23-8-10-24(11-9-23)34-31(41)36(28(29(32)40)17-21-6-12-26(38)13-7-21)25-14-15-37(2,19-25)18-22-4-3-5-27(39)16-22;3-2(4,5)1(6)7/h3-13,16,25,28H,14-15,17-19H2,1-2H3,(H4-,32,33,34,35,38,39,40,41);(H,6,7)/t25-,28+,37?;/m1./s1. The van der Waals surface area contributed by atoms with E-state index in [0.29, 0.717) is 47.0 Å². The lowest BCUT2D eigenvalue weighted by molar-refractivity contribution is -0.911. The van der Waals surface area contributed by atoms with Gasteiger partial charge in [0, 0.05) is 29.7 Å². The lowest BCUT2D eigenvalue weighted by Gasteiger charge is -2.36. The number of nitrogens with one attached hydrogen (secondary N) is 1. The molecule has 1 aliphatic rings. The summed E-state index contributed by atoms with van der Waals surface area (Å²) in [5.41, 5.74) is 8.94. The number of quaternary nitrogens is 1. The van der Waals surface area contributed by atoms with Crippen molar-refractivity contribution in [3.05, 3.63) is 89.7 Å². The molecule has 260 valence electrons. The van der Waals surface area contributed by atoms with E-state index in [2.05, 4.69) is 22.5 Å². The number of phenols is 2. The largest absolute Gasteiger partial charge is 0.542 e. The lowest BCUT2D eigenvalue weighted by atomic mass is 10.0. The Morgan fingerprint density at radius 2 is 1.71 bits per heavy atom. The van der Waals surface area contributed by atoms with E-state index in [1.54, 1.807) is 72.5 Å². The van der Waals surface area contributed by atoms with Gasteiger partial charge in [0.25, 0.3) is 5.89 Å². The molecule has 5 rings (SSSR count). The predicted molar refractivity (Wildman–Crippen MR) is 167 cm³/mol. The number of nitrogens with zero attached hydrogens (tertiary/aromatic N) is 4. The van der Waals surface area contributed by atoms with E-state index < -0.39 is 30.1 Å². The molecule has 0 saturated carbocycles. The highest BCUT2D eigenvalue weighted by Crippen LogP contribution is 2.29. The molecule has 0 aliphatic carbocycles. The van der Waals surface area contributed by atoms with E-state index in [1.807, 2.05) is 12.1 Å². The first-order valence-corrected chi connectivity index (χ1v) is 15.0. The number of rotatable bonds is 9. The molecule has 1 aliphatic heterocycles. The molecule has 2 heterocycles. The second kappa shape index (κ2) is 15.1. The molecule has 3 atom stereocenters. The van der Waals surface area contributed by atoms with Crippen LogP contribution in [0.25, 0.3) is 11.5 Å². The highest BCUT2D eigenvalue weighted by molar-refractivity contribution is 5.94. The Bertz CT molecular complexity index is 1770. The van der Waals surface area contributed by atoms with Gasteiger partial charge in [0.15, 0.2) is 5.82 Å². The number of alkyl halides is 3. The zero-order valence-electron chi connectivity index (χ0n) is 26.6. The lowest BCUT2D eigenvalue weighted by Crippen LogP contribution is -2.56. The Kier molecular flexibility index (Phi) is 11.1. The quantitative estimate of drug-likeness (QED) is 0.192. The molecule has 5 N–H and O–H groups in total. The zero-order chi connectivity index (χ0) is 35.9. The van der Waals surface area contributed by atoms with Gasteiger partial charge in [0.1, 0.15) is 30.1 Å². The molecule has 1 fully saturated rings. The van der Waals surface area contributed by atoms with Crippen molar-refractivity contribution >= 4 is 23.6 Å². The maximum atomic E-state index is 13.9. The molecule has 3 aromatic carbocycles.